The highest BCUT2D eigenvalue weighted by Crippen LogP contribution is 2.25. The lowest BCUT2D eigenvalue weighted by molar-refractivity contribution is -0.141. The number of nitrogens with two attached hydrogens (primary N) is 1. The summed E-state index contributed by atoms with van der Waals surface area (Å²) < 4.78 is 0. The third-order valence-corrected chi connectivity index (χ3v) is 2.52. The topological polar surface area (TPSA) is 92.4 Å². The molecule has 0 aromatic rings. The van der Waals surface area contributed by atoms with Gasteiger partial charge in [0.05, 0.1) is 5.92 Å². The summed E-state index contributed by atoms with van der Waals surface area (Å²) in [6.07, 6.45) is 2.27. The van der Waals surface area contributed by atoms with Gasteiger partial charge in [0.2, 0.25) is 5.91 Å². The minimum atomic E-state index is -0.763. The van der Waals surface area contributed by atoms with E-state index in [2.05, 4.69) is 5.32 Å². The lowest BCUT2D eigenvalue weighted by atomic mass is 10.1. The minimum Gasteiger partial charge on any atom is -0.481 e. The van der Waals surface area contributed by atoms with Crippen LogP contribution in [0.1, 0.15) is 25.7 Å². The van der Waals surface area contributed by atoms with Gasteiger partial charge in [-0.1, -0.05) is 0 Å². The van der Waals surface area contributed by atoms with Crippen LogP contribution in [0, 0.1) is 5.92 Å². The van der Waals surface area contributed by atoms with E-state index >= 15 is 0 Å². The van der Waals surface area contributed by atoms with Gasteiger partial charge >= 0.3 is 5.97 Å². The van der Waals surface area contributed by atoms with Crippen LogP contribution in [0.2, 0.25) is 0 Å². The highest BCUT2D eigenvalue weighted by molar-refractivity contribution is 5.76. The first-order chi connectivity index (χ1) is 6.63. The van der Waals surface area contributed by atoms with Crippen molar-refractivity contribution in [2.24, 2.45) is 11.7 Å². The summed E-state index contributed by atoms with van der Waals surface area (Å²) in [6, 6.07) is 0.0233. The highest BCUT2D eigenvalue weighted by atomic mass is 16.4. The third-order valence-electron chi connectivity index (χ3n) is 2.52. The molecule has 0 aromatic carbocycles. The van der Waals surface area contributed by atoms with Crippen molar-refractivity contribution >= 4 is 11.9 Å². The van der Waals surface area contributed by atoms with Crippen molar-refractivity contribution in [3.05, 3.63) is 0 Å². The van der Waals surface area contributed by atoms with Gasteiger partial charge in [-0.15, -0.1) is 0 Å². The summed E-state index contributed by atoms with van der Waals surface area (Å²) in [6.45, 7) is 0.334. The van der Waals surface area contributed by atoms with E-state index in [1.807, 2.05) is 0 Å². The number of amides is 1. The van der Waals surface area contributed by atoms with E-state index in [1.165, 1.54) is 0 Å². The zero-order valence-corrected chi connectivity index (χ0v) is 8.03. The Morgan fingerprint density at radius 3 is 2.64 bits per heavy atom. The maximum Gasteiger partial charge on any atom is 0.306 e. The Hall–Kier alpha value is -1.10. The monoisotopic (exact) mass is 200 g/mol. The molecule has 1 saturated carbocycles. The summed E-state index contributed by atoms with van der Waals surface area (Å²) in [4.78, 5) is 21.8. The maximum absolute atomic E-state index is 11.1. The predicted octanol–water partition coefficient (Wildman–Crippen LogP) is -0.295. The molecule has 0 radical (unpaired) electrons. The largest absolute Gasteiger partial charge is 0.481 e. The van der Waals surface area contributed by atoms with Gasteiger partial charge in [-0.25, -0.2) is 0 Å². The average molecular weight is 200 g/mol. The van der Waals surface area contributed by atoms with Gasteiger partial charge in [0.1, 0.15) is 0 Å². The second kappa shape index (κ2) is 4.95. The zero-order chi connectivity index (χ0) is 10.6. The number of carbonyl (C=O) groups excluding carboxylic acids is 1. The molecule has 80 valence electrons. The van der Waals surface area contributed by atoms with Gasteiger partial charge in [0, 0.05) is 19.0 Å². The van der Waals surface area contributed by atoms with Crippen LogP contribution in [0.25, 0.3) is 0 Å². The van der Waals surface area contributed by atoms with Crippen LogP contribution in [0.15, 0.2) is 0 Å². The van der Waals surface area contributed by atoms with Gasteiger partial charge in [-0.05, 0) is 19.3 Å². The molecule has 0 heterocycles. The zero-order valence-electron chi connectivity index (χ0n) is 8.03. The first-order valence-electron chi connectivity index (χ1n) is 4.85. The number of carboxylic acid groups (broad SMARTS) is 1. The molecule has 0 saturated heterocycles. The first kappa shape index (κ1) is 11.0. The van der Waals surface area contributed by atoms with Gasteiger partial charge in [-0.2, -0.15) is 0 Å². The third kappa shape index (κ3) is 2.99. The molecule has 2 unspecified atom stereocenters. The van der Waals surface area contributed by atoms with E-state index in [9.17, 15) is 9.59 Å². The fourth-order valence-electron chi connectivity index (χ4n) is 1.77. The summed E-state index contributed by atoms with van der Waals surface area (Å²) in [7, 11) is 0. The second-order valence-electron chi connectivity index (χ2n) is 3.65. The fraction of sp³-hybridized carbons (Fsp3) is 0.778. The quantitative estimate of drug-likeness (QED) is 0.581. The van der Waals surface area contributed by atoms with Crippen LogP contribution in [0.5, 0.6) is 0 Å². The van der Waals surface area contributed by atoms with Crippen LogP contribution >= 0.6 is 0 Å². The fourth-order valence-corrected chi connectivity index (χ4v) is 1.77. The van der Waals surface area contributed by atoms with Crippen LogP contribution in [-0.4, -0.2) is 29.6 Å². The molecule has 0 spiro atoms. The maximum atomic E-state index is 11.1. The van der Waals surface area contributed by atoms with Crippen molar-refractivity contribution in [1.29, 1.82) is 0 Å². The van der Waals surface area contributed by atoms with Gasteiger partial charge in [0.25, 0.3) is 0 Å². The van der Waals surface area contributed by atoms with Crippen molar-refractivity contribution in [2.45, 2.75) is 31.7 Å². The number of carboxylic acids is 1. The summed E-state index contributed by atoms with van der Waals surface area (Å²) in [5.74, 6) is -1.14. The number of rotatable bonds is 4. The first-order valence-corrected chi connectivity index (χ1v) is 4.85. The van der Waals surface area contributed by atoms with Gasteiger partial charge in [0.15, 0.2) is 0 Å². The van der Waals surface area contributed by atoms with E-state index in [0.717, 1.165) is 6.42 Å². The number of hydrogen-bond acceptors (Lipinski definition) is 3. The summed E-state index contributed by atoms with van der Waals surface area (Å²) >= 11 is 0. The SMILES string of the molecule is NCCC(=O)NC1CCC(C(=O)O)C1. The molecule has 0 aromatic heterocycles. The van der Waals surface area contributed by atoms with Crippen LogP contribution in [0.4, 0.5) is 0 Å². The van der Waals surface area contributed by atoms with E-state index in [-0.39, 0.29) is 17.9 Å². The van der Waals surface area contributed by atoms with Crippen LogP contribution < -0.4 is 11.1 Å². The van der Waals surface area contributed by atoms with Crippen molar-refractivity contribution in [1.82, 2.24) is 5.32 Å². The molecule has 5 heteroatoms. The molecule has 14 heavy (non-hydrogen) atoms. The minimum absolute atomic E-state index is 0.0233. The molecular weight excluding hydrogens is 184 g/mol. The van der Waals surface area contributed by atoms with Crippen molar-refractivity contribution < 1.29 is 14.7 Å². The molecule has 4 N–H and O–H groups in total. The van der Waals surface area contributed by atoms with Crippen LogP contribution in [0.3, 0.4) is 0 Å². The Morgan fingerprint density at radius 2 is 2.14 bits per heavy atom. The number of aliphatic carboxylic acids is 1. The van der Waals surface area contributed by atoms with Crippen molar-refractivity contribution in [2.75, 3.05) is 6.54 Å². The average Bonchev–Trinajstić information content (AvgIpc) is 2.53. The van der Waals surface area contributed by atoms with E-state index in [0.29, 0.717) is 25.8 Å². The Balaban J connectivity index is 2.28. The van der Waals surface area contributed by atoms with Crippen molar-refractivity contribution in [3.63, 3.8) is 0 Å². The molecular formula is C9H16N2O3. The Labute approximate surface area is 82.7 Å². The lowest BCUT2D eigenvalue weighted by Crippen LogP contribution is -2.34. The Morgan fingerprint density at radius 1 is 1.43 bits per heavy atom. The predicted molar refractivity (Wildman–Crippen MR) is 50.6 cm³/mol. The smallest absolute Gasteiger partial charge is 0.306 e. The number of carbonyl (C=O) groups is 2. The summed E-state index contributed by atoms with van der Waals surface area (Å²) in [5.41, 5.74) is 5.22. The number of hydrogen-bond donors (Lipinski definition) is 3. The normalized spacial score (nSPS) is 26.1. The molecule has 0 bridgehead atoms. The standard InChI is InChI=1S/C9H16N2O3/c10-4-3-8(12)11-7-2-1-6(5-7)9(13)14/h6-7H,1-5,10H2,(H,11,12)(H,13,14). The van der Waals surface area contributed by atoms with Crippen molar-refractivity contribution in [3.8, 4) is 0 Å². The van der Waals surface area contributed by atoms with E-state index in [4.69, 9.17) is 10.8 Å². The van der Waals surface area contributed by atoms with Gasteiger partial charge in [-0.3, -0.25) is 9.59 Å². The number of nitrogens with one attached hydrogen (secondary N) is 1. The molecule has 0 aliphatic heterocycles. The molecule has 1 aliphatic carbocycles. The van der Waals surface area contributed by atoms with E-state index < -0.39 is 5.97 Å². The molecule has 1 amide bonds. The lowest BCUT2D eigenvalue weighted by Gasteiger charge is -2.11. The van der Waals surface area contributed by atoms with Gasteiger partial charge < -0.3 is 16.2 Å². The van der Waals surface area contributed by atoms with Crippen LogP contribution in [-0.2, 0) is 9.59 Å². The van der Waals surface area contributed by atoms with E-state index in [1.54, 1.807) is 0 Å². The second-order valence-corrected chi connectivity index (χ2v) is 3.65. The molecule has 2 atom stereocenters. The molecule has 1 fully saturated rings. The Kier molecular flexibility index (Phi) is 3.88. The molecule has 1 aliphatic rings. The Bertz CT molecular complexity index is 230. The molecule has 5 nitrogen and oxygen atoms in total. The highest BCUT2D eigenvalue weighted by Gasteiger charge is 2.30. The summed E-state index contributed by atoms with van der Waals surface area (Å²) in [5, 5.41) is 11.5. The molecule has 1 rings (SSSR count).